The second-order valence-electron chi connectivity index (χ2n) is 6.17. The van der Waals surface area contributed by atoms with Crippen molar-refractivity contribution in [3.8, 4) is 11.5 Å². The Morgan fingerprint density at radius 3 is 2.44 bits per heavy atom. The summed E-state index contributed by atoms with van der Waals surface area (Å²) in [6, 6.07) is 4.49. The van der Waals surface area contributed by atoms with Crippen molar-refractivity contribution in [2.75, 3.05) is 26.3 Å². The van der Waals surface area contributed by atoms with Crippen LogP contribution in [0.25, 0.3) is 0 Å². The van der Waals surface area contributed by atoms with Gasteiger partial charge in [-0.3, -0.25) is 4.79 Å². The molecule has 1 aliphatic heterocycles. The minimum Gasteiger partial charge on any atom is -0.490 e. The van der Waals surface area contributed by atoms with Crippen LogP contribution in [0.4, 0.5) is 0 Å². The Kier molecular flexibility index (Phi) is 6.29. The molecule has 0 bridgehead atoms. The number of rotatable bonds is 7. The number of hydrogen-bond acceptors (Lipinski definition) is 5. The first-order valence-electron chi connectivity index (χ1n) is 8.42. The van der Waals surface area contributed by atoms with Crippen LogP contribution in [0.3, 0.4) is 0 Å². The van der Waals surface area contributed by atoms with Gasteiger partial charge in [-0.05, 0) is 38.3 Å². The molecule has 8 heteroatoms. The molecular weight excluding hydrogens is 346 g/mol. The van der Waals surface area contributed by atoms with Gasteiger partial charge in [0.05, 0.1) is 24.0 Å². The maximum absolute atomic E-state index is 13.0. The van der Waals surface area contributed by atoms with Gasteiger partial charge in [0, 0.05) is 19.2 Å². The maximum atomic E-state index is 13.0. The molecule has 140 valence electrons. The summed E-state index contributed by atoms with van der Waals surface area (Å²) in [5.74, 6) is -0.816. The van der Waals surface area contributed by atoms with Crippen molar-refractivity contribution in [2.45, 2.75) is 32.1 Å². The number of benzene rings is 1. The Bertz CT molecular complexity index is 718. The van der Waals surface area contributed by atoms with Gasteiger partial charge in [0.15, 0.2) is 11.5 Å². The van der Waals surface area contributed by atoms with Gasteiger partial charge in [-0.2, -0.15) is 4.31 Å². The number of nitrogens with zero attached hydrogens (tertiary/aromatic N) is 1. The Morgan fingerprint density at radius 1 is 1.20 bits per heavy atom. The molecule has 0 saturated carbocycles. The van der Waals surface area contributed by atoms with Gasteiger partial charge >= 0.3 is 5.97 Å². The van der Waals surface area contributed by atoms with Gasteiger partial charge in [-0.1, -0.05) is 6.92 Å². The van der Waals surface area contributed by atoms with Crippen molar-refractivity contribution in [1.29, 1.82) is 0 Å². The molecule has 0 spiro atoms. The molecule has 25 heavy (non-hydrogen) atoms. The van der Waals surface area contributed by atoms with Crippen molar-refractivity contribution in [2.24, 2.45) is 11.8 Å². The molecule has 1 heterocycles. The zero-order valence-electron chi connectivity index (χ0n) is 14.8. The van der Waals surface area contributed by atoms with Crippen molar-refractivity contribution < 1.29 is 27.8 Å². The Labute approximate surface area is 148 Å². The average molecular weight is 371 g/mol. The van der Waals surface area contributed by atoms with E-state index in [1.807, 2.05) is 13.8 Å². The van der Waals surface area contributed by atoms with Crippen molar-refractivity contribution in [3.63, 3.8) is 0 Å². The first-order valence-corrected chi connectivity index (χ1v) is 9.86. The van der Waals surface area contributed by atoms with E-state index in [0.717, 1.165) is 0 Å². The molecule has 1 N–H and O–H groups in total. The van der Waals surface area contributed by atoms with E-state index in [-0.39, 0.29) is 17.4 Å². The summed E-state index contributed by atoms with van der Waals surface area (Å²) in [6.07, 6.45) is 0.481. The van der Waals surface area contributed by atoms with Crippen molar-refractivity contribution in [1.82, 2.24) is 4.31 Å². The summed E-state index contributed by atoms with van der Waals surface area (Å²) in [5.41, 5.74) is 0. The van der Waals surface area contributed by atoms with Gasteiger partial charge in [-0.25, -0.2) is 8.42 Å². The van der Waals surface area contributed by atoms with Gasteiger partial charge in [0.1, 0.15) is 0 Å². The first-order chi connectivity index (χ1) is 11.8. The molecule has 1 aromatic rings. The molecule has 1 fully saturated rings. The van der Waals surface area contributed by atoms with Crippen LogP contribution in [0.1, 0.15) is 27.2 Å². The molecule has 0 radical (unpaired) electrons. The fourth-order valence-corrected chi connectivity index (χ4v) is 4.64. The highest BCUT2D eigenvalue weighted by Crippen LogP contribution is 2.33. The summed E-state index contributed by atoms with van der Waals surface area (Å²) in [6.45, 7) is 6.62. The molecule has 0 amide bonds. The monoisotopic (exact) mass is 371 g/mol. The topological polar surface area (TPSA) is 93.1 Å². The zero-order chi connectivity index (χ0) is 18.6. The van der Waals surface area contributed by atoms with E-state index in [4.69, 9.17) is 9.47 Å². The second-order valence-corrected chi connectivity index (χ2v) is 8.11. The molecule has 2 rings (SSSR count). The molecule has 2 atom stereocenters. The number of carboxylic acid groups (broad SMARTS) is 1. The fourth-order valence-electron chi connectivity index (χ4n) is 3.02. The number of carbonyl (C=O) groups is 1. The van der Waals surface area contributed by atoms with E-state index in [1.54, 1.807) is 13.0 Å². The van der Waals surface area contributed by atoms with Crippen LogP contribution in [0.2, 0.25) is 0 Å². The lowest BCUT2D eigenvalue weighted by molar-refractivity contribution is -0.143. The number of aliphatic carboxylic acids is 1. The van der Waals surface area contributed by atoms with E-state index in [1.165, 1.54) is 16.4 Å². The largest absolute Gasteiger partial charge is 0.490 e. The second kappa shape index (κ2) is 8.05. The number of carboxylic acids is 1. The third kappa shape index (κ3) is 4.43. The number of piperidine rings is 1. The Morgan fingerprint density at radius 2 is 1.84 bits per heavy atom. The quantitative estimate of drug-likeness (QED) is 0.790. The predicted molar refractivity (Wildman–Crippen MR) is 92.4 cm³/mol. The van der Waals surface area contributed by atoms with Crippen LogP contribution < -0.4 is 9.47 Å². The minimum atomic E-state index is -3.80. The van der Waals surface area contributed by atoms with Crippen LogP contribution in [0, 0.1) is 11.8 Å². The van der Waals surface area contributed by atoms with Gasteiger partial charge in [0.25, 0.3) is 0 Å². The standard InChI is InChI=1S/C17H25NO6S/c1-4-23-15-7-6-14(9-16(15)24-5-2)25(21,22)18-10-12(3)8-13(11-18)17(19)20/h6-7,9,12-13H,4-5,8,10-11H2,1-3H3,(H,19,20). The van der Waals surface area contributed by atoms with Crippen molar-refractivity contribution >= 4 is 16.0 Å². The molecule has 1 saturated heterocycles. The van der Waals surface area contributed by atoms with Crippen LogP contribution in [-0.2, 0) is 14.8 Å². The average Bonchev–Trinajstić information content (AvgIpc) is 2.56. The van der Waals surface area contributed by atoms with E-state index >= 15 is 0 Å². The molecule has 2 unspecified atom stereocenters. The SMILES string of the molecule is CCOc1ccc(S(=O)(=O)N2CC(C)CC(C(=O)O)C2)cc1OCC. The van der Waals surface area contributed by atoms with Crippen LogP contribution >= 0.6 is 0 Å². The molecule has 0 aromatic heterocycles. The highest BCUT2D eigenvalue weighted by molar-refractivity contribution is 7.89. The predicted octanol–water partition coefficient (Wildman–Crippen LogP) is 2.22. The van der Waals surface area contributed by atoms with E-state index < -0.39 is 21.9 Å². The normalized spacial score (nSPS) is 21.7. The highest BCUT2D eigenvalue weighted by atomic mass is 32.2. The minimum absolute atomic E-state index is 0.0147. The summed E-state index contributed by atoms with van der Waals surface area (Å²) >= 11 is 0. The van der Waals surface area contributed by atoms with Crippen LogP contribution in [0.5, 0.6) is 11.5 Å². The molecular formula is C17H25NO6S. The summed E-state index contributed by atoms with van der Waals surface area (Å²) < 4.78 is 38.1. The third-order valence-electron chi connectivity index (χ3n) is 4.13. The number of sulfonamides is 1. The molecule has 1 aromatic carbocycles. The van der Waals surface area contributed by atoms with Crippen LogP contribution in [0.15, 0.2) is 23.1 Å². The highest BCUT2D eigenvalue weighted by Gasteiger charge is 2.36. The van der Waals surface area contributed by atoms with Gasteiger partial charge in [-0.15, -0.1) is 0 Å². The lowest BCUT2D eigenvalue weighted by atomic mass is 9.92. The zero-order valence-corrected chi connectivity index (χ0v) is 15.6. The van der Waals surface area contributed by atoms with E-state index in [0.29, 0.717) is 37.7 Å². The Hall–Kier alpha value is -1.80. The van der Waals surface area contributed by atoms with Crippen LogP contribution in [-0.4, -0.2) is 50.1 Å². The lowest BCUT2D eigenvalue weighted by Gasteiger charge is -2.33. The number of ether oxygens (including phenoxy) is 2. The summed E-state index contributed by atoms with van der Waals surface area (Å²) in [5, 5.41) is 9.26. The maximum Gasteiger partial charge on any atom is 0.307 e. The molecule has 0 aliphatic carbocycles. The van der Waals surface area contributed by atoms with E-state index in [9.17, 15) is 18.3 Å². The Balaban J connectivity index is 2.35. The lowest BCUT2D eigenvalue weighted by Crippen LogP contribution is -2.45. The fraction of sp³-hybridized carbons (Fsp3) is 0.588. The van der Waals surface area contributed by atoms with Gasteiger partial charge < -0.3 is 14.6 Å². The molecule has 1 aliphatic rings. The van der Waals surface area contributed by atoms with Crippen molar-refractivity contribution in [3.05, 3.63) is 18.2 Å². The first kappa shape index (κ1) is 19.5. The van der Waals surface area contributed by atoms with Gasteiger partial charge in [0.2, 0.25) is 10.0 Å². The van der Waals surface area contributed by atoms with E-state index in [2.05, 4.69) is 0 Å². The number of hydrogen-bond donors (Lipinski definition) is 1. The molecule has 7 nitrogen and oxygen atoms in total. The summed E-state index contributed by atoms with van der Waals surface area (Å²) in [7, 11) is -3.80. The smallest absolute Gasteiger partial charge is 0.307 e. The summed E-state index contributed by atoms with van der Waals surface area (Å²) in [4.78, 5) is 11.4. The third-order valence-corrected chi connectivity index (χ3v) is 5.96.